The van der Waals surface area contributed by atoms with Crippen LogP contribution in [0.25, 0.3) is 0 Å². The van der Waals surface area contributed by atoms with Crippen LogP contribution in [0.15, 0.2) is 77.4 Å². The molecule has 3 aromatic rings. The molecular weight excluding hydrogens is 391 g/mol. The first kappa shape index (κ1) is 20.8. The lowest BCUT2D eigenvalue weighted by Gasteiger charge is -2.18. The average molecular weight is 410 g/mol. The summed E-state index contributed by atoms with van der Waals surface area (Å²) in [6.07, 6.45) is 0.0250. The predicted octanol–water partition coefficient (Wildman–Crippen LogP) is 3.46. The van der Waals surface area contributed by atoms with Gasteiger partial charge in [0.1, 0.15) is 5.82 Å². The number of furan rings is 1. The van der Waals surface area contributed by atoms with Gasteiger partial charge in [-0.05, 0) is 36.4 Å². The summed E-state index contributed by atoms with van der Waals surface area (Å²) in [6, 6.07) is 16.8. The van der Waals surface area contributed by atoms with Crippen molar-refractivity contribution in [3.63, 3.8) is 0 Å². The van der Waals surface area contributed by atoms with Gasteiger partial charge in [-0.1, -0.05) is 30.3 Å². The number of rotatable bonds is 8. The van der Waals surface area contributed by atoms with Crippen LogP contribution in [-0.2, 0) is 14.3 Å². The van der Waals surface area contributed by atoms with Crippen molar-refractivity contribution in [3.05, 3.63) is 90.1 Å². The van der Waals surface area contributed by atoms with Gasteiger partial charge in [0, 0.05) is 17.8 Å². The summed E-state index contributed by atoms with van der Waals surface area (Å²) in [4.78, 5) is 36.8. The van der Waals surface area contributed by atoms with Gasteiger partial charge in [-0.15, -0.1) is 0 Å². The number of carbonyl (C=O) groups is 3. The van der Waals surface area contributed by atoms with E-state index in [1.54, 1.807) is 36.4 Å². The Labute approximate surface area is 171 Å². The average Bonchev–Trinajstić information content (AvgIpc) is 3.29. The molecule has 1 unspecified atom stereocenters. The van der Waals surface area contributed by atoms with Crippen molar-refractivity contribution >= 4 is 23.5 Å². The van der Waals surface area contributed by atoms with Gasteiger partial charge in [0.15, 0.2) is 5.76 Å². The Morgan fingerprint density at radius 1 is 0.967 bits per heavy atom. The number of esters is 1. The monoisotopic (exact) mass is 410 g/mol. The zero-order valence-corrected chi connectivity index (χ0v) is 15.8. The van der Waals surface area contributed by atoms with Crippen LogP contribution in [0.1, 0.15) is 28.6 Å². The minimum atomic E-state index is -1.20. The molecule has 2 aromatic carbocycles. The Balaban J connectivity index is 1.60. The second kappa shape index (κ2) is 10.0. The quantitative estimate of drug-likeness (QED) is 0.554. The van der Waals surface area contributed by atoms with Crippen LogP contribution < -0.4 is 10.6 Å². The van der Waals surface area contributed by atoms with Gasteiger partial charge in [-0.2, -0.15) is 0 Å². The summed E-state index contributed by atoms with van der Waals surface area (Å²) in [5.41, 5.74) is 0.842. The summed E-state index contributed by atoms with van der Waals surface area (Å²) in [6.45, 7) is 0.0134. The van der Waals surface area contributed by atoms with Gasteiger partial charge in [0.25, 0.3) is 11.8 Å². The Bertz CT molecular complexity index is 988. The molecule has 0 radical (unpaired) electrons. The molecule has 1 heterocycles. The van der Waals surface area contributed by atoms with E-state index in [2.05, 4.69) is 10.6 Å². The first-order chi connectivity index (χ1) is 14.5. The van der Waals surface area contributed by atoms with Crippen LogP contribution in [0.2, 0.25) is 0 Å². The summed E-state index contributed by atoms with van der Waals surface area (Å²) in [5, 5.41) is 5.13. The third-order valence-electron chi connectivity index (χ3n) is 4.06. The zero-order valence-electron chi connectivity index (χ0n) is 15.8. The van der Waals surface area contributed by atoms with Crippen LogP contribution in [0.4, 0.5) is 10.1 Å². The van der Waals surface area contributed by atoms with Crippen molar-refractivity contribution in [3.8, 4) is 0 Å². The maximum atomic E-state index is 13.1. The molecule has 2 amide bonds. The second-order valence-electron chi connectivity index (χ2n) is 6.26. The minimum Gasteiger partial charge on any atom is -0.459 e. The zero-order chi connectivity index (χ0) is 21.3. The highest BCUT2D eigenvalue weighted by molar-refractivity contribution is 5.96. The van der Waals surface area contributed by atoms with Gasteiger partial charge in [-0.25, -0.2) is 4.39 Å². The third-order valence-corrected chi connectivity index (χ3v) is 4.06. The van der Waals surface area contributed by atoms with Crippen molar-refractivity contribution in [1.29, 1.82) is 0 Å². The highest BCUT2D eigenvalue weighted by Crippen LogP contribution is 2.21. The fourth-order valence-electron chi connectivity index (χ4n) is 2.61. The van der Waals surface area contributed by atoms with Crippen molar-refractivity contribution in [1.82, 2.24) is 5.32 Å². The molecule has 0 aliphatic rings. The van der Waals surface area contributed by atoms with Gasteiger partial charge in [-0.3, -0.25) is 14.4 Å². The molecule has 0 aliphatic carbocycles. The van der Waals surface area contributed by atoms with Crippen LogP contribution >= 0.6 is 0 Å². The molecule has 1 aromatic heterocycles. The van der Waals surface area contributed by atoms with E-state index in [4.69, 9.17) is 9.15 Å². The van der Waals surface area contributed by atoms with Crippen LogP contribution in [-0.4, -0.2) is 24.3 Å². The number of carbonyl (C=O) groups excluding carboxylic acids is 3. The van der Waals surface area contributed by atoms with Crippen LogP contribution in [0, 0.1) is 5.82 Å². The normalized spacial score (nSPS) is 11.4. The van der Waals surface area contributed by atoms with Crippen molar-refractivity contribution < 1.29 is 27.9 Å². The molecule has 30 heavy (non-hydrogen) atoms. The first-order valence-electron chi connectivity index (χ1n) is 9.15. The lowest BCUT2D eigenvalue weighted by atomic mass is 10.1. The van der Waals surface area contributed by atoms with E-state index in [0.717, 1.165) is 0 Å². The Morgan fingerprint density at radius 3 is 2.37 bits per heavy atom. The molecule has 3 rings (SSSR count). The summed E-state index contributed by atoms with van der Waals surface area (Å²) in [7, 11) is 0. The van der Waals surface area contributed by atoms with Crippen molar-refractivity contribution in [2.75, 3.05) is 11.9 Å². The van der Waals surface area contributed by atoms with E-state index in [9.17, 15) is 18.8 Å². The third kappa shape index (κ3) is 5.78. The predicted molar refractivity (Wildman–Crippen MR) is 106 cm³/mol. The largest absolute Gasteiger partial charge is 0.459 e. The molecule has 0 fully saturated rings. The van der Waals surface area contributed by atoms with E-state index in [0.29, 0.717) is 11.3 Å². The van der Waals surface area contributed by atoms with E-state index in [1.165, 1.54) is 36.6 Å². The highest BCUT2D eigenvalue weighted by atomic mass is 19.1. The number of ether oxygens (including phenoxy) is 1. The van der Waals surface area contributed by atoms with Crippen LogP contribution in [0.5, 0.6) is 0 Å². The molecule has 7 nitrogen and oxygen atoms in total. The standard InChI is InChI=1S/C22H19FN2O5/c23-16-8-10-17(11-9-16)25-22(28)20(15-5-2-1-3-6-15)30-19(26)12-13-24-21(27)18-7-4-14-29-18/h1-11,14,20H,12-13H2,(H,24,27)(H,25,28). The fourth-order valence-corrected chi connectivity index (χ4v) is 2.61. The van der Waals surface area contributed by atoms with Gasteiger partial charge >= 0.3 is 5.97 Å². The first-order valence-corrected chi connectivity index (χ1v) is 9.15. The summed E-state index contributed by atoms with van der Waals surface area (Å²) < 4.78 is 23.4. The molecule has 0 aliphatic heterocycles. The number of amides is 2. The van der Waals surface area contributed by atoms with E-state index >= 15 is 0 Å². The molecule has 0 saturated carbocycles. The SMILES string of the molecule is O=C(CCNC(=O)c1ccco1)OC(C(=O)Nc1ccc(F)cc1)c1ccccc1. The van der Waals surface area contributed by atoms with Crippen molar-refractivity contribution in [2.24, 2.45) is 0 Å². The summed E-state index contributed by atoms with van der Waals surface area (Å²) in [5.74, 6) is -2.01. The number of nitrogens with one attached hydrogen (secondary N) is 2. The van der Waals surface area contributed by atoms with Crippen molar-refractivity contribution in [2.45, 2.75) is 12.5 Å². The molecular formula is C22H19FN2O5. The van der Waals surface area contributed by atoms with Crippen LogP contribution in [0.3, 0.4) is 0 Å². The lowest BCUT2D eigenvalue weighted by molar-refractivity contribution is -0.154. The smallest absolute Gasteiger partial charge is 0.308 e. The maximum absolute atomic E-state index is 13.1. The molecule has 0 spiro atoms. The number of hydrogen-bond donors (Lipinski definition) is 2. The van der Waals surface area contributed by atoms with E-state index in [-0.39, 0.29) is 18.7 Å². The fraction of sp³-hybridized carbons (Fsp3) is 0.136. The lowest BCUT2D eigenvalue weighted by Crippen LogP contribution is -2.29. The van der Waals surface area contributed by atoms with Gasteiger partial charge in [0.2, 0.25) is 6.10 Å². The Morgan fingerprint density at radius 2 is 1.70 bits per heavy atom. The molecule has 154 valence electrons. The Kier molecular flexibility index (Phi) is 6.94. The van der Waals surface area contributed by atoms with Gasteiger partial charge < -0.3 is 19.8 Å². The summed E-state index contributed by atoms with van der Waals surface area (Å²) >= 11 is 0. The topological polar surface area (TPSA) is 97.6 Å². The second-order valence-corrected chi connectivity index (χ2v) is 6.26. The number of benzene rings is 2. The molecule has 8 heteroatoms. The maximum Gasteiger partial charge on any atom is 0.308 e. The van der Waals surface area contributed by atoms with E-state index in [1.807, 2.05) is 0 Å². The molecule has 2 N–H and O–H groups in total. The molecule has 0 saturated heterocycles. The molecule has 0 bridgehead atoms. The van der Waals surface area contributed by atoms with Gasteiger partial charge in [0.05, 0.1) is 12.7 Å². The number of anilines is 1. The highest BCUT2D eigenvalue weighted by Gasteiger charge is 2.25. The number of halogens is 1. The Hall–Kier alpha value is -3.94. The number of hydrogen-bond acceptors (Lipinski definition) is 5. The molecule has 1 atom stereocenters. The van der Waals surface area contributed by atoms with E-state index < -0.39 is 29.7 Å². The minimum absolute atomic E-state index is 0.0134.